The molecule has 0 saturated carbocycles. The summed E-state index contributed by atoms with van der Waals surface area (Å²) in [5, 5.41) is 10.1. The van der Waals surface area contributed by atoms with Crippen LogP contribution in [-0.4, -0.2) is 34.9 Å². The second-order valence-corrected chi connectivity index (χ2v) is 10.3. The highest BCUT2D eigenvalue weighted by Gasteiger charge is 2.47. The lowest BCUT2D eigenvalue weighted by atomic mass is 9.97. The van der Waals surface area contributed by atoms with Crippen LogP contribution < -0.4 is 21.1 Å². The Bertz CT molecular complexity index is 1330. The van der Waals surface area contributed by atoms with Gasteiger partial charge in [-0.2, -0.15) is 18.3 Å². The zero-order valence-corrected chi connectivity index (χ0v) is 20.8. The van der Waals surface area contributed by atoms with Gasteiger partial charge in [-0.1, -0.05) is 18.6 Å². The molecule has 196 valence electrons. The molecule has 2 aromatic heterocycles. The molecule has 2 aliphatic rings. The Labute approximate surface area is 215 Å². The van der Waals surface area contributed by atoms with E-state index in [1.54, 1.807) is 24.3 Å². The lowest BCUT2D eigenvalue weighted by Gasteiger charge is -2.33. The van der Waals surface area contributed by atoms with Crippen molar-refractivity contribution < 1.29 is 27.5 Å². The number of nitrogens with zero attached hydrogens (tertiary/aromatic N) is 2. The summed E-state index contributed by atoms with van der Waals surface area (Å²) < 4.78 is 48.0. The summed E-state index contributed by atoms with van der Waals surface area (Å²) in [5.41, 5.74) is 7.24. The normalized spacial score (nSPS) is 19.2. The smallest absolute Gasteiger partial charge is 0.410 e. The molecule has 1 aliphatic heterocycles. The number of amides is 2. The van der Waals surface area contributed by atoms with Crippen molar-refractivity contribution in [3.8, 4) is 5.75 Å². The van der Waals surface area contributed by atoms with Crippen molar-refractivity contribution in [1.82, 2.24) is 9.78 Å². The molecule has 37 heavy (non-hydrogen) atoms. The summed E-state index contributed by atoms with van der Waals surface area (Å²) in [6.45, 7) is 0. The predicted octanol–water partition coefficient (Wildman–Crippen LogP) is 5.23. The fourth-order valence-electron chi connectivity index (χ4n) is 5.00. The second kappa shape index (κ2) is 9.73. The van der Waals surface area contributed by atoms with E-state index in [0.717, 1.165) is 40.8 Å². The number of thiophene rings is 1. The van der Waals surface area contributed by atoms with Gasteiger partial charge in [0.15, 0.2) is 11.7 Å². The number of aromatic nitrogens is 2. The van der Waals surface area contributed by atoms with Crippen LogP contribution in [0.5, 0.6) is 5.75 Å². The number of fused-ring (bicyclic) bond motifs is 2. The lowest BCUT2D eigenvalue weighted by molar-refractivity contribution is -0.173. The molecule has 0 radical (unpaired) electrons. The zero-order valence-electron chi connectivity index (χ0n) is 20.0. The van der Waals surface area contributed by atoms with Crippen LogP contribution in [0.1, 0.15) is 74.6 Å². The molecule has 0 saturated heterocycles. The van der Waals surface area contributed by atoms with Crippen LogP contribution in [0.4, 0.5) is 24.0 Å². The van der Waals surface area contributed by atoms with Gasteiger partial charge in [-0.25, -0.2) is 4.68 Å². The fraction of sp³-hybridized carbons (Fsp3) is 0.400. The summed E-state index contributed by atoms with van der Waals surface area (Å²) in [4.78, 5) is 26.3. The van der Waals surface area contributed by atoms with Gasteiger partial charge >= 0.3 is 6.18 Å². The fourth-order valence-corrected chi connectivity index (χ4v) is 6.29. The van der Waals surface area contributed by atoms with E-state index in [1.165, 1.54) is 24.5 Å². The summed E-state index contributed by atoms with van der Waals surface area (Å²) in [7, 11) is 1.51. The molecule has 8 nitrogen and oxygen atoms in total. The van der Waals surface area contributed by atoms with Crippen molar-refractivity contribution in [3.05, 3.63) is 57.6 Å². The molecule has 0 bridgehead atoms. The first-order valence-corrected chi connectivity index (χ1v) is 12.8. The van der Waals surface area contributed by atoms with Gasteiger partial charge in [0, 0.05) is 17.4 Å². The maximum Gasteiger partial charge on any atom is 0.410 e. The van der Waals surface area contributed by atoms with Gasteiger partial charge in [-0.3, -0.25) is 9.59 Å². The SMILES string of the molecule is COc1ccc([C@@H]2C[C@@H](C(F)(F)F)n3nc(C(=O)Nc4sc5c(c4C(N)=O)CCCCC5)cc3N2)cc1. The Balaban J connectivity index is 1.44. The maximum absolute atomic E-state index is 14.0. The van der Waals surface area contributed by atoms with E-state index >= 15 is 0 Å². The molecule has 0 spiro atoms. The van der Waals surface area contributed by atoms with E-state index in [2.05, 4.69) is 15.7 Å². The largest absolute Gasteiger partial charge is 0.497 e. The number of rotatable bonds is 5. The number of carbonyl (C=O) groups excluding carboxylic acids is 2. The molecule has 5 rings (SSSR count). The highest BCUT2D eigenvalue weighted by Crippen LogP contribution is 2.44. The zero-order chi connectivity index (χ0) is 26.3. The monoisotopic (exact) mass is 533 g/mol. The number of nitrogens with two attached hydrogens (primary N) is 1. The first-order chi connectivity index (χ1) is 17.7. The number of ether oxygens (including phenoxy) is 1. The summed E-state index contributed by atoms with van der Waals surface area (Å²) in [6.07, 6.45) is -0.438. The van der Waals surface area contributed by atoms with Crippen LogP contribution in [0.2, 0.25) is 0 Å². The third-order valence-corrected chi connectivity index (χ3v) is 8.04. The maximum atomic E-state index is 14.0. The van der Waals surface area contributed by atoms with Crippen LogP contribution in [0.25, 0.3) is 0 Å². The van der Waals surface area contributed by atoms with Crippen LogP contribution in [0.15, 0.2) is 30.3 Å². The number of hydrogen-bond acceptors (Lipinski definition) is 6. The van der Waals surface area contributed by atoms with Gasteiger partial charge in [0.2, 0.25) is 0 Å². The van der Waals surface area contributed by atoms with E-state index in [4.69, 9.17) is 10.5 Å². The average Bonchev–Trinajstić information content (AvgIpc) is 3.36. The quantitative estimate of drug-likeness (QED) is 0.389. The molecule has 4 N–H and O–H groups in total. The van der Waals surface area contributed by atoms with Gasteiger partial charge in [0.25, 0.3) is 11.8 Å². The highest BCUT2D eigenvalue weighted by atomic mass is 32.1. The molecule has 2 atom stereocenters. The van der Waals surface area contributed by atoms with E-state index < -0.39 is 30.1 Å². The molecule has 3 aromatic rings. The van der Waals surface area contributed by atoms with Gasteiger partial charge in [0.1, 0.15) is 16.6 Å². The van der Waals surface area contributed by atoms with Crippen molar-refractivity contribution >= 4 is 34.0 Å². The van der Waals surface area contributed by atoms with Gasteiger partial charge in [-0.05, 0) is 48.9 Å². The van der Waals surface area contributed by atoms with E-state index in [0.29, 0.717) is 22.7 Å². The number of aryl methyl sites for hydroxylation is 1. The number of carbonyl (C=O) groups is 2. The third kappa shape index (κ3) is 4.89. The third-order valence-electron chi connectivity index (χ3n) is 6.84. The van der Waals surface area contributed by atoms with Crippen molar-refractivity contribution in [1.29, 1.82) is 0 Å². The number of benzene rings is 1. The first-order valence-electron chi connectivity index (χ1n) is 12.0. The minimum absolute atomic E-state index is 0.0802. The Morgan fingerprint density at radius 1 is 1.19 bits per heavy atom. The standard InChI is InChI=1S/C25H26F3N5O3S/c1-36-14-9-7-13(8-10-14)16-11-19(25(26,27)28)33-20(30-16)12-17(32-33)23(35)31-24-21(22(29)34)15-5-3-2-4-6-18(15)37-24/h7-10,12,16,19,30H,2-6,11H2,1H3,(H2,29,34)(H,31,35)/t16-,19-/m0/s1. The molecule has 3 heterocycles. The number of hydrogen-bond donors (Lipinski definition) is 3. The molecule has 1 aliphatic carbocycles. The summed E-state index contributed by atoms with van der Waals surface area (Å²) >= 11 is 1.29. The van der Waals surface area contributed by atoms with Gasteiger partial charge in [-0.15, -0.1) is 11.3 Å². The lowest BCUT2D eigenvalue weighted by Crippen LogP contribution is -2.35. The molecule has 0 unspecified atom stereocenters. The first kappa shape index (κ1) is 25.1. The summed E-state index contributed by atoms with van der Waals surface area (Å²) in [5.74, 6) is -0.668. The number of primary amides is 1. The molecule has 1 aromatic carbocycles. The van der Waals surface area contributed by atoms with Crippen LogP contribution in [0.3, 0.4) is 0 Å². The molecule has 12 heteroatoms. The Morgan fingerprint density at radius 2 is 1.92 bits per heavy atom. The van der Waals surface area contributed by atoms with Crippen molar-refractivity contribution in [2.75, 3.05) is 17.7 Å². The predicted molar refractivity (Wildman–Crippen MR) is 133 cm³/mol. The van der Waals surface area contributed by atoms with Gasteiger partial charge in [0.05, 0.1) is 18.7 Å². The van der Waals surface area contributed by atoms with E-state index in [-0.39, 0.29) is 23.5 Å². The van der Waals surface area contributed by atoms with E-state index in [9.17, 15) is 22.8 Å². The number of alkyl halides is 3. The molecular formula is C25H26F3N5O3S. The number of nitrogens with one attached hydrogen (secondary N) is 2. The Hall–Kier alpha value is -3.54. The van der Waals surface area contributed by atoms with Crippen molar-refractivity contribution in [2.45, 2.75) is 56.8 Å². The molecule has 2 amide bonds. The molecule has 0 fully saturated rings. The van der Waals surface area contributed by atoms with Crippen LogP contribution in [-0.2, 0) is 12.8 Å². The minimum atomic E-state index is -4.58. The Kier molecular flexibility index (Phi) is 6.61. The number of halogens is 3. The Morgan fingerprint density at radius 3 is 2.59 bits per heavy atom. The summed E-state index contributed by atoms with van der Waals surface area (Å²) in [6, 6.07) is 5.51. The van der Waals surface area contributed by atoms with Crippen LogP contribution in [0, 0.1) is 0 Å². The highest BCUT2D eigenvalue weighted by molar-refractivity contribution is 7.17. The minimum Gasteiger partial charge on any atom is -0.497 e. The van der Waals surface area contributed by atoms with Gasteiger partial charge < -0.3 is 21.1 Å². The molecular weight excluding hydrogens is 507 g/mol. The van der Waals surface area contributed by atoms with Crippen molar-refractivity contribution in [2.24, 2.45) is 5.73 Å². The average molecular weight is 534 g/mol. The second-order valence-electron chi connectivity index (χ2n) is 9.21. The van der Waals surface area contributed by atoms with Crippen molar-refractivity contribution in [3.63, 3.8) is 0 Å². The number of methoxy groups -OCH3 is 1. The van der Waals surface area contributed by atoms with Crippen LogP contribution >= 0.6 is 11.3 Å². The number of anilines is 2. The topological polar surface area (TPSA) is 111 Å². The van der Waals surface area contributed by atoms with E-state index in [1.807, 2.05) is 0 Å².